The number of hydrogen-bond acceptors (Lipinski definition) is 6. The van der Waals surface area contributed by atoms with Crippen LogP contribution < -0.4 is 5.32 Å². The van der Waals surface area contributed by atoms with Crippen LogP contribution in [0.3, 0.4) is 0 Å². The largest absolute Gasteiger partial charge is 0.300 e. The maximum atomic E-state index is 12.9. The van der Waals surface area contributed by atoms with Gasteiger partial charge >= 0.3 is 0 Å². The average Bonchev–Trinajstić information content (AvgIpc) is 3.08. The number of nitrogens with one attached hydrogen (secondary N) is 1. The van der Waals surface area contributed by atoms with Gasteiger partial charge in [0.1, 0.15) is 5.01 Å². The quantitative estimate of drug-likeness (QED) is 0.796. The van der Waals surface area contributed by atoms with Gasteiger partial charge in [0.05, 0.1) is 5.41 Å². The van der Waals surface area contributed by atoms with Crippen molar-refractivity contribution < 1.29 is 14.4 Å². The highest BCUT2D eigenvalue weighted by atomic mass is 32.1. The van der Waals surface area contributed by atoms with Crippen LogP contribution in [0.25, 0.3) is 0 Å². The molecule has 8 heteroatoms. The molecule has 2 bridgehead atoms. The summed E-state index contributed by atoms with van der Waals surface area (Å²) in [7, 11) is 0. The van der Waals surface area contributed by atoms with Gasteiger partial charge in [0.2, 0.25) is 22.9 Å². The standard InChI is InChI=1S/C18H26N4O3S/c1-10(2)13-20-21-16(26-13)19-12(23)7-9-22-14(24)11-6-8-18(5,15(22)25)17(11,3)4/h10-11H,6-9H2,1-5H3,(H,19,21,23). The second-order valence-corrected chi connectivity index (χ2v) is 9.35. The van der Waals surface area contributed by atoms with Gasteiger partial charge < -0.3 is 5.32 Å². The topological polar surface area (TPSA) is 92.3 Å². The van der Waals surface area contributed by atoms with Gasteiger partial charge in [0.25, 0.3) is 0 Å². The predicted octanol–water partition coefficient (Wildman–Crippen LogP) is 2.80. The van der Waals surface area contributed by atoms with E-state index < -0.39 is 5.41 Å². The first-order valence-electron chi connectivity index (χ1n) is 9.07. The average molecular weight is 378 g/mol. The molecular formula is C18H26N4O3S. The van der Waals surface area contributed by atoms with Crippen molar-refractivity contribution >= 4 is 34.2 Å². The number of imide groups is 1. The summed E-state index contributed by atoms with van der Waals surface area (Å²) in [4.78, 5) is 39.2. The molecule has 1 aliphatic carbocycles. The maximum absolute atomic E-state index is 12.9. The number of hydrogen-bond donors (Lipinski definition) is 1. The fourth-order valence-corrected chi connectivity index (χ4v) is 4.79. The van der Waals surface area contributed by atoms with E-state index in [0.717, 1.165) is 17.8 Å². The third-order valence-electron chi connectivity index (χ3n) is 6.25. The molecule has 1 aromatic heterocycles. The van der Waals surface area contributed by atoms with Crippen molar-refractivity contribution in [2.45, 2.75) is 59.8 Å². The lowest BCUT2D eigenvalue weighted by Gasteiger charge is -2.47. The van der Waals surface area contributed by atoms with Crippen LogP contribution in [-0.2, 0) is 14.4 Å². The normalized spacial score (nSPS) is 27.3. The zero-order valence-corrected chi connectivity index (χ0v) is 16.8. The van der Waals surface area contributed by atoms with E-state index in [1.54, 1.807) is 0 Å². The van der Waals surface area contributed by atoms with Crippen LogP contribution >= 0.6 is 11.3 Å². The molecule has 2 atom stereocenters. The summed E-state index contributed by atoms with van der Waals surface area (Å²) in [6.45, 7) is 10.1. The summed E-state index contributed by atoms with van der Waals surface area (Å²) < 4.78 is 0. The van der Waals surface area contributed by atoms with Crippen LogP contribution in [0.4, 0.5) is 5.13 Å². The molecule has 1 aliphatic heterocycles. The highest BCUT2D eigenvalue weighted by Gasteiger charge is 2.64. The fraction of sp³-hybridized carbons (Fsp3) is 0.722. The number of aromatic nitrogens is 2. The van der Waals surface area contributed by atoms with Gasteiger partial charge in [-0.25, -0.2) is 0 Å². The first-order valence-corrected chi connectivity index (χ1v) is 9.88. The predicted molar refractivity (Wildman–Crippen MR) is 98.6 cm³/mol. The van der Waals surface area contributed by atoms with E-state index >= 15 is 0 Å². The Morgan fingerprint density at radius 1 is 1.31 bits per heavy atom. The molecule has 26 heavy (non-hydrogen) atoms. The number of likely N-dealkylation sites (tertiary alicyclic amines) is 1. The van der Waals surface area contributed by atoms with Gasteiger partial charge in [0, 0.05) is 24.8 Å². The molecule has 2 fully saturated rings. The lowest BCUT2D eigenvalue weighted by atomic mass is 9.62. The van der Waals surface area contributed by atoms with E-state index in [0.29, 0.717) is 5.13 Å². The summed E-state index contributed by atoms with van der Waals surface area (Å²) in [5.41, 5.74) is -0.868. The molecule has 1 aromatic rings. The van der Waals surface area contributed by atoms with Crippen molar-refractivity contribution in [3.8, 4) is 0 Å². The highest BCUT2D eigenvalue weighted by Crippen LogP contribution is 2.60. The SMILES string of the molecule is CC(C)c1nnc(NC(=O)CCN2C(=O)C3CCC(C)(C2=O)C3(C)C)s1. The van der Waals surface area contributed by atoms with E-state index in [-0.39, 0.29) is 47.9 Å². The highest BCUT2D eigenvalue weighted by molar-refractivity contribution is 7.15. The number of rotatable bonds is 5. The molecule has 1 saturated carbocycles. The first-order chi connectivity index (χ1) is 12.1. The first kappa shape index (κ1) is 18.9. The molecule has 2 aliphatic rings. The lowest BCUT2D eigenvalue weighted by molar-refractivity contribution is -0.167. The molecule has 0 spiro atoms. The van der Waals surface area contributed by atoms with Crippen molar-refractivity contribution in [1.82, 2.24) is 15.1 Å². The summed E-state index contributed by atoms with van der Waals surface area (Å²) in [6, 6.07) is 0. The third kappa shape index (κ3) is 2.84. The number of amides is 3. The monoisotopic (exact) mass is 378 g/mol. The van der Waals surface area contributed by atoms with Crippen molar-refractivity contribution in [1.29, 1.82) is 0 Å². The minimum absolute atomic E-state index is 0.0668. The molecule has 142 valence electrons. The Balaban J connectivity index is 1.63. The Morgan fingerprint density at radius 2 is 2.00 bits per heavy atom. The van der Waals surface area contributed by atoms with Gasteiger partial charge in [0.15, 0.2) is 0 Å². The van der Waals surface area contributed by atoms with Crippen LogP contribution in [0.1, 0.15) is 64.8 Å². The second-order valence-electron chi connectivity index (χ2n) is 8.34. The minimum Gasteiger partial charge on any atom is -0.300 e. The lowest BCUT2D eigenvalue weighted by Crippen LogP contribution is -2.59. The van der Waals surface area contributed by atoms with E-state index in [9.17, 15) is 14.4 Å². The van der Waals surface area contributed by atoms with Crippen LogP contribution in [0, 0.1) is 16.7 Å². The Kier molecular flexibility index (Phi) is 4.67. The second kappa shape index (κ2) is 6.40. The van der Waals surface area contributed by atoms with Crippen LogP contribution in [0.5, 0.6) is 0 Å². The number of piperidine rings is 1. The van der Waals surface area contributed by atoms with Gasteiger partial charge in [-0.2, -0.15) is 0 Å². The molecular weight excluding hydrogens is 352 g/mol. The summed E-state index contributed by atoms with van der Waals surface area (Å²) >= 11 is 1.34. The number of nitrogens with zero attached hydrogens (tertiary/aromatic N) is 3. The van der Waals surface area contributed by atoms with E-state index in [1.807, 2.05) is 34.6 Å². The van der Waals surface area contributed by atoms with Gasteiger partial charge in [-0.05, 0) is 18.3 Å². The summed E-state index contributed by atoms with van der Waals surface area (Å²) in [5.74, 6) is -0.446. The number of fused-ring (bicyclic) bond motifs is 2. The maximum Gasteiger partial charge on any atom is 0.235 e. The fourth-order valence-electron chi connectivity index (χ4n) is 4.03. The zero-order valence-electron chi connectivity index (χ0n) is 16.0. The molecule has 0 aromatic carbocycles. The summed E-state index contributed by atoms with van der Waals surface area (Å²) in [6.07, 6.45) is 1.53. The summed E-state index contributed by atoms with van der Waals surface area (Å²) in [5, 5.41) is 12.0. The van der Waals surface area contributed by atoms with Crippen molar-refractivity contribution in [2.75, 3.05) is 11.9 Å². The van der Waals surface area contributed by atoms with E-state index in [1.165, 1.54) is 16.2 Å². The third-order valence-corrected chi connectivity index (χ3v) is 7.39. The minimum atomic E-state index is -0.534. The van der Waals surface area contributed by atoms with Gasteiger partial charge in [-0.15, -0.1) is 10.2 Å². The van der Waals surface area contributed by atoms with Crippen molar-refractivity contribution in [3.05, 3.63) is 5.01 Å². The molecule has 2 heterocycles. The van der Waals surface area contributed by atoms with Crippen LogP contribution in [0.15, 0.2) is 0 Å². The Labute approximate surface area is 157 Å². The molecule has 2 unspecified atom stereocenters. The zero-order chi connectivity index (χ0) is 19.3. The van der Waals surface area contributed by atoms with Crippen molar-refractivity contribution in [2.24, 2.45) is 16.7 Å². The Hall–Kier alpha value is -1.83. The number of carbonyl (C=O) groups is 3. The Morgan fingerprint density at radius 3 is 2.62 bits per heavy atom. The Bertz CT molecular complexity index is 757. The number of carbonyl (C=O) groups excluding carboxylic acids is 3. The molecule has 1 N–H and O–H groups in total. The van der Waals surface area contributed by atoms with Crippen LogP contribution in [-0.4, -0.2) is 39.4 Å². The number of anilines is 1. The van der Waals surface area contributed by atoms with E-state index in [4.69, 9.17) is 0 Å². The molecule has 3 rings (SSSR count). The van der Waals surface area contributed by atoms with E-state index in [2.05, 4.69) is 15.5 Å². The van der Waals surface area contributed by atoms with Gasteiger partial charge in [-0.3, -0.25) is 19.3 Å². The molecule has 0 radical (unpaired) electrons. The molecule has 1 saturated heterocycles. The molecule has 3 amide bonds. The molecule has 7 nitrogen and oxygen atoms in total. The smallest absolute Gasteiger partial charge is 0.235 e. The van der Waals surface area contributed by atoms with Gasteiger partial charge in [-0.1, -0.05) is 46.0 Å². The van der Waals surface area contributed by atoms with Crippen molar-refractivity contribution in [3.63, 3.8) is 0 Å². The van der Waals surface area contributed by atoms with Crippen LogP contribution in [0.2, 0.25) is 0 Å².